The first-order valence-electron chi connectivity index (χ1n) is 9.20. The van der Waals surface area contributed by atoms with Crippen LogP contribution >= 0.6 is 0 Å². The summed E-state index contributed by atoms with van der Waals surface area (Å²) in [4.78, 5) is 25.3. The highest BCUT2D eigenvalue weighted by Crippen LogP contribution is 2.39. The van der Waals surface area contributed by atoms with Crippen LogP contribution in [-0.4, -0.2) is 37.2 Å². The molecular formula is C19H21F3N6O2. The molecule has 1 atom stereocenters. The molecule has 8 nitrogen and oxygen atoms in total. The number of aromatic nitrogens is 4. The van der Waals surface area contributed by atoms with Crippen LogP contribution in [0.25, 0.3) is 11.0 Å². The van der Waals surface area contributed by atoms with Gasteiger partial charge in [0.2, 0.25) is 5.95 Å². The maximum atomic E-state index is 10.6. The molecule has 1 saturated carbocycles. The summed E-state index contributed by atoms with van der Waals surface area (Å²) in [7, 11) is 0. The van der Waals surface area contributed by atoms with Gasteiger partial charge in [0.25, 0.3) is 0 Å². The molecule has 2 aromatic heterocycles. The number of carboxylic acids is 1. The lowest BCUT2D eigenvalue weighted by atomic mass is 10.1. The molecular weight excluding hydrogens is 401 g/mol. The lowest BCUT2D eigenvalue weighted by Crippen LogP contribution is -2.21. The van der Waals surface area contributed by atoms with Gasteiger partial charge in [0.1, 0.15) is 11.6 Å². The maximum Gasteiger partial charge on any atom is 0.490 e. The predicted octanol–water partition coefficient (Wildman–Crippen LogP) is 3.93. The number of rotatable bonds is 4. The molecule has 0 radical (unpaired) electrons. The van der Waals surface area contributed by atoms with E-state index < -0.39 is 12.1 Å². The van der Waals surface area contributed by atoms with Crippen molar-refractivity contribution in [3.05, 3.63) is 41.3 Å². The number of fused-ring (bicyclic) bond motifs is 1. The number of aliphatic carboxylic acids is 1. The number of imidazole rings is 1. The minimum atomic E-state index is -5.08. The van der Waals surface area contributed by atoms with E-state index in [2.05, 4.69) is 50.4 Å². The van der Waals surface area contributed by atoms with E-state index in [1.807, 2.05) is 13.0 Å². The molecule has 1 aromatic carbocycles. The summed E-state index contributed by atoms with van der Waals surface area (Å²) in [6.07, 6.45) is -2.59. The van der Waals surface area contributed by atoms with Crippen molar-refractivity contribution in [1.82, 2.24) is 19.9 Å². The number of nitrogen functional groups attached to an aromatic ring is 1. The van der Waals surface area contributed by atoms with E-state index >= 15 is 0 Å². The predicted molar refractivity (Wildman–Crippen MR) is 105 cm³/mol. The summed E-state index contributed by atoms with van der Waals surface area (Å²) in [5.41, 5.74) is 9.87. The molecule has 5 N–H and O–H groups in total. The van der Waals surface area contributed by atoms with Crippen LogP contribution in [0.4, 0.5) is 24.9 Å². The van der Waals surface area contributed by atoms with E-state index in [0.717, 1.165) is 28.4 Å². The number of H-pyrrole nitrogens is 1. The molecule has 4 rings (SSSR count). The third kappa shape index (κ3) is 5.37. The van der Waals surface area contributed by atoms with Gasteiger partial charge in [-0.15, -0.1) is 0 Å². The average molecular weight is 422 g/mol. The van der Waals surface area contributed by atoms with E-state index in [9.17, 15) is 13.2 Å². The molecule has 0 spiro atoms. The molecule has 3 aromatic rings. The van der Waals surface area contributed by atoms with Crippen molar-refractivity contribution in [1.29, 1.82) is 0 Å². The van der Waals surface area contributed by atoms with Crippen LogP contribution in [0.3, 0.4) is 0 Å². The molecule has 160 valence electrons. The number of hydrogen-bond acceptors (Lipinski definition) is 6. The number of nitrogens with one attached hydrogen (secondary N) is 2. The van der Waals surface area contributed by atoms with Crippen LogP contribution in [0.5, 0.6) is 0 Å². The number of halogens is 3. The zero-order valence-electron chi connectivity index (χ0n) is 16.3. The van der Waals surface area contributed by atoms with E-state index in [1.54, 1.807) is 0 Å². The summed E-state index contributed by atoms with van der Waals surface area (Å²) in [5, 5.41) is 10.5. The molecule has 1 fully saturated rings. The summed E-state index contributed by atoms with van der Waals surface area (Å²) in [5.74, 6) is 0.0292. The summed E-state index contributed by atoms with van der Waals surface area (Å²) < 4.78 is 31.7. The fourth-order valence-electron chi connectivity index (χ4n) is 2.84. The molecule has 0 amide bonds. The zero-order chi connectivity index (χ0) is 22.1. The van der Waals surface area contributed by atoms with E-state index in [-0.39, 0.29) is 12.0 Å². The highest BCUT2D eigenvalue weighted by molar-refractivity contribution is 5.76. The number of anilines is 2. The smallest absolute Gasteiger partial charge is 0.475 e. The van der Waals surface area contributed by atoms with Crippen molar-refractivity contribution < 1.29 is 23.1 Å². The number of nitrogens with zero attached hydrogens (tertiary/aromatic N) is 3. The second kappa shape index (κ2) is 8.17. The normalized spacial score (nSPS) is 14.7. The van der Waals surface area contributed by atoms with E-state index in [0.29, 0.717) is 5.92 Å². The number of benzene rings is 1. The topological polar surface area (TPSA) is 130 Å². The van der Waals surface area contributed by atoms with Crippen LogP contribution in [-0.2, 0) is 4.79 Å². The maximum absolute atomic E-state index is 10.6. The molecule has 0 aliphatic heterocycles. The fourth-order valence-corrected chi connectivity index (χ4v) is 2.84. The molecule has 11 heteroatoms. The van der Waals surface area contributed by atoms with Gasteiger partial charge in [-0.05, 0) is 44.4 Å². The van der Waals surface area contributed by atoms with Gasteiger partial charge >= 0.3 is 12.1 Å². The number of nitrogens with two attached hydrogens (primary N) is 1. The van der Waals surface area contributed by atoms with Crippen molar-refractivity contribution >= 4 is 28.8 Å². The van der Waals surface area contributed by atoms with Gasteiger partial charge in [0, 0.05) is 17.7 Å². The highest BCUT2D eigenvalue weighted by atomic mass is 19.4. The van der Waals surface area contributed by atoms with Crippen molar-refractivity contribution in [2.75, 3.05) is 11.1 Å². The van der Waals surface area contributed by atoms with Crippen LogP contribution in [0, 0.1) is 6.92 Å². The lowest BCUT2D eigenvalue weighted by Gasteiger charge is -2.15. The Morgan fingerprint density at radius 2 is 1.93 bits per heavy atom. The van der Waals surface area contributed by atoms with Gasteiger partial charge in [0.05, 0.1) is 17.1 Å². The summed E-state index contributed by atoms with van der Waals surface area (Å²) >= 11 is 0. The molecule has 1 unspecified atom stereocenters. The Hall–Kier alpha value is -3.37. The minimum absolute atomic E-state index is 0.112. The third-order valence-electron chi connectivity index (χ3n) is 4.47. The zero-order valence-corrected chi connectivity index (χ0v) is 16.3. The molecule has 1 aliphatic rings. The van der Waals surface area contributed by atoms with Gasteiger partial charge < -0.3 is 21.1 Å². The van der Waals surface area contributed by atoms with Crippen LogP contribution < -0.4 is 11.1 Å². The Morgan fingerprint density at radius 3 is 2.50 bits per heavy atom. The highest BCUT2D eigenvalue weighted by Gasteiger charge is 2.38. The molecule has 1 aliphatic carbocycles. The Balaban J connectivity index is 0.000000318. The third-order valence-corrected chi connectivity index (χ3v) is 4.47. The van der Waals surface area contributed by atoms with Gasteiger partial charge in [-0.2, -0.15) is 18.2 Å². The number of carbonyl (C=O) groups is 1. The van der Waals surface area contributed by atoms with Crippen molar-refractivity contribution in [2.45, 2.75) is 44.8 Å². The molecule has 2 heterocycles. The molecule has 0 bridgehead atoms. The quantitative estimate of drug-likeness (QED) is 0.501. The van der Waals surface area contributed by atoms with Gasteiger partial charge in [-0.3, -0.25) is 0 Å². The molecule has 0 saturated heterocycles. The summed E-state index contributed by atoms with van der Waals surface area (Å²) in [6.45, 7) is 4.01. The molecule has 30 heavy (non-hydrogen) atoms. The first kappa shape index (κ1) is 21.3. The van der Waals surface area contributed by atoms with Crippen molar-refractivity contribution in [3.63, 3.8) is 0 Å². The van der Waals surface area contributed by atoms with Gasteiger partial charge in [-0.1, -0.05) is 6.07 Å². The second-order valence-electron chi connectivity index (χ2n) is 7.09. The largest absolute Gasteiger partial charge is 0.490 e. The van der Waals surface area contributed by atoms with Crippen LogP contribution in [0.15, 0.2) is 24.3 Å². The van der Waals surface area contributed by atoms with Gasteiger partial charge in [0.15, 0.2) is 0 Å². The fraction of sp³-hybridized carbons (Fsp3) is 0.368. The Labute approximate surface area is 169 Å². The Morgan fingerprint density at radius 1 is 1.27 bits per heavy atom. The lowest BCUT2D eigenvalue weighted by molar-refractivity contribution is -0.192. The van der Waals surface area contributed by atoms with Crippen molar-refractivity contribution in [2.24, 2.45) is 0 Å². The number of carboxylic acid groups (broad SMARTS) is 1. The van der Waals surface area contributed by atoms with Crippen LogP contribution in [0.1, 0.15) is 48.8 Å². The minimum Gasteiger partial charge on any atom is -0.475 e. The van der Waals surface area contributed by atoms with Crippen LogP contribution in [0.2, 0.25) is 0 Å². The second-order valence-corrected chi connectivity index (χ2v) is 7.09. The monoisotopic (exact) mass is 422 g/mol. The van der Waals surface area contributed by atoms with E-state index in [4.69, 9.17) is 15.6 Å². The number of aryl methyl sites for hydroxylation is 1. The first-order valence-corrected chi connectivity index (χ1v) is 9.20. The van der Waals surface area contributed by atoms with Gasteiger partial charge in [-0.25, -0.2) is 14.8 Å². The summed E-state index contributed by atoms with van der Waals surface area (Å²) in [6, 6.07) is 8.34. The number of aromatic amines is 1. The Bertz CT molecular complexity index is 1040. The van der Waals surface area contributed by atoms with E-state index in [1.165, 1.54) is 18.4 Å². The average Bonchev–Trinajstić information content (AvgIpc) is 3.39. The standard InChI is InChI=1S/C17H20N6.C2HF3O2/c1-9-7-15(23-17(18)19-9)20-10(2)12-5-6-13-14(8-12)22-16(21-13)11-3-4-11;3-2(4,5)1(6)7/h5-8,10-11H,3-4H2,1-2H3,(H,21,22)(H3,18,19,20,23);(H,6,7). The first-order chi connectivity index (χ1) is 14.0. The van der Waals surface area contributed by atoms with Crippen molar-refractivity contribution in [3.8, 4) is 0 Å². The number of hydrogen-bond donors (Lipinski definition) is 4. The number of alkyl halides is 3. The Kier molecular flexibility index (Phi) is 5.81. The SMILES string of the molecule is Cc1cc(NC(C)c2ccc3nc(C4CC4)[nH]c3c2)nc(N)n1.O=C(O)C(F)(F)F.